The summed E-state index contributed by atoms with van der Waals surface area (Å²) in [5.74, 6) is 1.26. The zero-order chi connectivity index (χ0) is 18.5. The minimum absolute atomic E-state index is 0.504. The summed E-state index contributed by atoms with van der Waals surface area (Å²) in [7, 11) is 1.93. The molecule has 0 N–H and O–H groups in total. The zero-order valence-electron chi connectivity index (χ0n) is 15.7. The highest BCUT2D eigenvalue weighted by Gasteiger charge is 2.09. The van der Waals surface area contributed by atoms with Gasteiger partial charge in [0.05, 0.1) is 29.4 Å². The predicted molar refractivity (Wildman–Crippen MR) is 102 cm³/mol. The molecule has 1 aromatic carbocycles. The number of nitrogens with zero attached hydrogens (tertiary/aromatic N) is 7. The maximum Gasteiger partial charge on any atom is 0.350 e. The zero-order valence-corrected chi connectivity index (χ0v) is 15.7. The lowest BCUT2D eigenvalue weighted by Gasteiger charge is -1.99. The number of azo groups is 1. The first kappa shape index (κ1) is 17.7. The highest BCUT2D eigenvalue weighted by molar-refractivity contribution is 5.79. The molecule has 7 heteroatoms. The van der Waals surface area contributed by atoms with Crippen molar-refractivity contribution < 1.29 is 4.57 Å². The van der Waals surface area contributed by atoms with E-state index in [0.717, 1.165) is 35.6 Å². The van der Waals surface area contributed by atoms with Crippen molar-refractivity contribution in [2.75, 3.05) is 0 Å². The number of aryl methyl sites for hydroxylation is 3. The molecule has 0 aliphatic heterocycles. The summed E-state index contributed by atoms with van der Waals surface area (Å²) in [6.07, 6.45) is 1.93. The maximum atomic E-state index is 4.47. The number of imidazole rings is 1. The van der Waals surface area contributed by atoms with E-state index in [4.69, 9.17) is 0 Å². The third-order valence-electron chi connectivity index (χ3n) is 4.19. The van der Waals surface area contributed by atoms with Crippen LogP contribution in [0.25, 0.3) is 11.0 Å². The molecule has 2 aromatic heterocycles. The highest BCUT2D eigenvalue weighted by Crippen LogP contribution is 2.12. The number of hydrogen-bond acceptors (Lipinski definition) is 3. The smallest absolute Gasteiger partial charge is 0.309 e. The van der Waals surface area contributed by atoms with Crippen LogP contribution in [-0.2, 0) is 20.1 Å². The van der Waals surface area contributed by atoms with Gasteiger partial charge in [0.1, 0.15) is 0 Å². The molecule has 0 radical (unpaired) electrons. The van der Waals surface area contributed by atoms with E-state index in [9.17, 15) is 0 Å². The van der Waals surface area contributed by atoms with Crippen LogP contribution in [0.2, 0.25) is 0 Å². The third kappa shape index (κ3) is 3.46. The van der Waals surface area contributed by atoms with E-state index < -0.39 is 0 Å². The summed E-state index contributed by atoms with van der Waals surface area (Å²) in [6, 6.07) is 14.1. The van der Waals surface area contributed by atoms with Crippen molar-refractivity contribution in [1.82, 2.24) is 9.13 Å². The van der Waals surface area contributed by atoms with Gasteiger partial charge in [0.15, 0.2) is 5.84 Å². The SMILES string of the molecule is CCn1c(=NN=C(C)N=Nc2cccc[n+]2C)n(CC)c2ccccc21. The molecule has 2 heterocycles. The first-order chi connectivity index (χ1) is 12.7. The fraction of sp³-hybridized carbons (Fsp3) is 0.316. The summed E-state index contributed by atoms with van der Waals surface area (Å²) >= 11 is 0. The number of hydrogen-bond donors (Lipinski definition) is 0. The second-order valence-corrected chi connectivity index (χ2v) is 5.89. The molecule has 0 aliphatic carbocycles. The molecular weight excluding hydrogens is 326 g/mol. The summed E-state index contributed by atoms with van der Waals surface area (Å²) in [6.45, 7) is 7.66. The monoisotopic (exact) mass is 350 g/mol. The normalized spacial score (nSPS) is 12.2. The molecule has 7 nitrogen and oxygen atoms in total. The Balaban J connectivity index is 2.02. The van der Waals surface area contributed by atoms with Crippen molar-refractivity contribution in [2.24, 2.45) is 27.5 Å². The van der Waals surface area contributed by atoms with Gasteiger partial charge in [-0.25, -0.2) is 4.57 Å². The fourth-order valence-electron chi connectivity index (χ4n) is 2.89. The molecule has 3 rings (SSSR count). The first-order valence-electron chi connectivity index (χ1n) is 8.78. The second-order valence-electron chi connectivity index (χ2n) is 5.89. The molecule has 0 spiro atoms. The van der Waals surface area contributed by atoms with Gasteiger partial charge in [0.2, 0.25) is 5.62 Å². The van der Waals surface area contributed by atoms with Crippen LogP contribution >= 0.6 is 0 Å². The van der Waals surface area contributed by atoms with Gasteiger partial charge in [0.25, 0.3) is 0 Å². The van der Waals surface area contributed by atoms with E-state index in [-0.39, 0.29) is 0 Å². The molecule has 0 fully saturated rings. The van der Waals surface area contributed by atoms with Crippen LogP contribution in [0.1, 0.15) is 20.8 Å². The van der Waals surface area contributed by atoms with Gasteiger partial charge in [-0.15, -0.1) is 10.2 Å². The van der Waals surface area contributed by atoms with E-state index in [1.165, 1.54) is 0 Å². The van der Waals surface area contributed by atoms with E-state index in [2.05, 4.69) is 55.5 Å². The van der Waals surface area contributed by atoms with Crippen molar-refractivity contribution in [1.29, 1.82) is 0 Å². The highest BCUT2D eigenvalue weighted by atomic mass is 15.3. The van der Waals surface area contributed by atoms with Gasteiger partial charge in [0, 0.05) is 26.1 Å². The van der Waals surface area contributed by atoms with Gasteiger partial charge in [-0.3, -0.25) is 0 Å². The van der Waals surface area contributed by atoms with Crippen LogP contribution in [0, 0.1) is 0 Å². The Kier molecular flexibility index (Phi) is 5.36. The van der Waals surface area contributed by atoms with Crippen molar-refractivity contribution >= 4 is 22.7 Å². The lowest BCUT2D eigenvalue weighted by Crippen LogP contribution is -2.26. The maximum absolute atomic E-state index is 4.47. The minimum atomic E-state index is 0.504. The van der Waals surface area contributed by atoms with E-state index >= 15 is 0 Å². The Hall–Kier alpha value is -3.09. The number of fused-ring (bicyclic) bond motifs is 1. The van der Waals surface area contributed by atoms with Crippen LogP contribution in [-0.4, -0.2) is 15.0 Å². The van der Waals surface area contributed by atoms with Crippen LogP contribution < -0.4 is 10.2 Å². The summed E-state index contributed by atoms with van der Waals surface area (Å²) in [5, 5.41) is 17.2. The Labute approximate surface area is 152 Å². The predicted octanol–water partition coefficient (Wildman–Crippen LogP) is 3.33. The topological polar surface area (TPSA) is 63.2 Å². The molecule has 0 saturated carbocycles. The van der Waals surface area contributed by atoms with E-state index in [1.54, 1.807) is 6.92 Å². The van der Waals surface area contributed by atoms with E-state index in [0.29, 0.717) is 5.84 Å². The second kappa shape index (κ2) is 7.86. The van der Waals surface area contributed by atoms with Gasteiger partial charge in [-0.2, -0.15) is 0 Å². The average Bonchev–Trinajstić information content (AvgIpc) is 2.98. The van der Waals surface area contributed by atoms with Crippen LogP contribution in [0.4, 0.5) is 5.82 Å². The number of para-hydroxylation sites is 2. The third-order valence-corrected chi connectivity index (χ3v) is 4.19. The Morgan fingerprint density at radius 3 is 2.15 bits per heavy atom. The number of pyridine rings is 1. The molecular formula is C19H24N7+. The van der Waals surface area contributed by atoms with Crippen LogP contribution in [0.15, 0.2) is 69.1 Å². The number of benzene rings is 1. The lowest BCUT2D eigenvalue weighted by molar-refractivity contribution is -0.658. The Morgan fingerprint density at radius 2 is 1.58 bits per heavy atom. The van der Waals surface area contributed by atoms with Crippen molar-refractivity contribution in [3.63, 3.8) is 0 Å². The van der Waals surface area contributed by atoms with Crippen LogP contribution in [0.5, 0.6) is 0 Å². The molecule has 3 aromatic rings. The molecule has 134 valence electrons. The summed E-state index contributed by atoms with van der Waals surface area (Å²) in [4.78, 5) is 0. The van der Waals surface area contributed by atoms with Crippen molar-refractivity contribution in [3.05, 3.63) is 54.3 Å². The van der Waals surface area contributed by atoms with Gasteiger partial charge in [-0.1, -0.05) is 18.2 Å². The molecule has 0 amide bonds. The van der Waals surface area contributed by atoms with Gasteiger partial charge >= 0.3 is 5.82 Å². The largest absolute Gasteiger partial charge is 0.350 e. The molecule has 0 bridgehead atoms. The van der Waals surface area contributed by atoms with Crippen molar-refractivity contribution in [2.45, 2.75) is 33.9 Å². The van der Waals surface area contributed by atoms with Crippen molar-refractivity contribution in [3.8, 4) is 0 Å². The lowest BCUT2D eigenvalue weighted by atomic mass is 10.3. The molecule has 26 heavy (non-hydrogen) atoms. The number of amidine groups is 1. The minimum Gasteiger partial charge on any atom is -0.309 e. The Bertz CT molecular complexity index is 993. The molecule has 0 saturated heterocycles. The molecule has 0 unspecified atom stereocenters. The summed E-state index contributed by atoms with van der Waals surface area (Å²) in [5.41, 5.74) is 3.12. The van der Waals surface area contributed by atoms with Gasteiger partial charge < -0.3 is 9.13 Å². The van der Waals surface area contributed by atoms with Gasteiger partial charge in [-0.05, 0) is 37.2 Å². The molecule has 0 atom stereocenters. The average molecular weight is 350 g/mol. The number of aromatic nitrogens is 3. The van der Waals surface area contributed by atoms with Crippen LogP contribution in [0.3, 0.4) is 0 Å². The number of rotatable bonds is 4. The quantitative estimate of drug-likeness (QED) is 0.228. The van der Waals surface area contributed by atoms with E-state index in [1.807, 2.05) is 48.1 Å². The standard InChI is InChI=1S/C19H24N7/c1-5-25-16-11-7-8-12-17(16)26(6-2)19(25)23-21-15(3)20-22-18-13-9-10-14-24(18)4/h7-14H,5-6H2,1-4H3/q+1. The summed E-state index contributed by atoms with van der Waals surface area (Å²) < 4.78 is 6.21. The first-order valence-corrected chi connectivity index (χ1v) is 8.78. The molecule has 0 aliphatic rings. The fourth-order valence-corrected chi connectivity index (χ4v) is 2.89. The Morgan fingerprint density at radius 1 is 0.962 bits per heavy atom.